The normalized spacial score (nSPS) is 20.8. The van der Waals surface area contributed by atoms with Gasteiger partial charge in [0, 0.05) is 13.1 Å². The molecular weight excluding hydrogens is 190 g/mol. The van der Waals surface area contributed by atoms with Crippen LogP contribution in [0.2, 0.25) is 0 Å². The number of aliphatic hydroxyl groups is 1. The molecule has 1 rings (SSSR count). The van der Waals surface area contributed by atoms with E-state index < -0.39 is 6.41 Å². The number of rotatable bonds is 6. The average molecular weight is 215 g/mol. The standard InChI is InChI=1S/C12H25NO2/c1-4-12(5-2,6-3)15-11(14)13-9-7-8-10-13/h11,14H,4-10H2,1-3H3/t11-/m0/s1. The number of ether oxygens (including phenoxy) is 1. The van der Waals surface area contributed by atoms with E-state index in [-0.39, 0.29) is 5.60 Å². The van der Waals surface area contributed by atoms with E-state index in [4.69, 9.17) is 4.74 Å². The number of hydrogen-bond acceptors (Lipinski definition) is 3. The molecule has 0 saturated carbocycles. The molecule has 1 aliphatic rings. The van der Waals surface area contributed by atoms with Crippen LogP contribution in [-0.4, -0.2) is 35.1 Å². The van der Waals surface area contributed by atoms with Crippen LogP contribution in [0.3, 0.4) is 0 Å². The molecular formula is C12H25NO2. The highest BCUT2D eigenvalue weighted by molar-refractivity contribution is 4.77. The Labute approximate surface area is 93.4 Å². The Kier molecular flexibility index (Phi) is 5.03. The molecule has 0 unspecified atom stereocenters. The molecule has 15 heavy (non-hydrogen) atoms. The van der Waals surface area contributed by atoms with Gasteiger partial charge in [0.25, 0.3) is 0 Å². The van der Waals surface area contributed by atoms with Crippen molar-refractivity contribution in [3.63, 3.8) is 0 Å². The van der Waals surface area contributed by atoms with Gasteiger partial charge in [-0.3, -0.25) is 4.90 Å². The van der Waals surface area contributed by atoms with Crippen molar-refractivity contribution in [2.75, 3.05) is 13.1 Å². The summed E-state index contributed by atoms with van der Waals surface area (Å²) in [6, 6.07) is 0. The van der Waals surface area contributed by atoms with Crippen molar-refractivity contribution in [1.29, 1.82) is 0 Å². The summed E-state index contributed by atoms with van der Waals surface area (Å²) in [7, 11) is 0. The first-order chi connectivity index (χ1) is 7.17. The monoisotopic (exact) mass is 215 g/mol. The summed E-state index contributed by atoms with van der Waals surface area (Å²) < 4.78 is 5.85. The summed E-state index contributed by atoms with van der Waals surface area (Å²) in [5.74, 6) is 0. The lowest BCUT2D eigenvalue weighted by Crippen LogP contribution is -2.43. The minimum Gasteiger partial charge on any atom is -0.356 e. The zero-order valence-corrected chi connectivity index (χ0v) is 10.3. The second kappa shape index (κ2) is 5.83. The topological polar surface area (TPSA) is 32.7 Å². The zero-order chi connectivity index (χ0) is 11.3. The first kappa shape index (κ1) is 12.9. The van der Waals surface area contributed by atoms with E-state index in [2.05, 4.69) is 20.8 Å². The highest BCUT2D eigenvalue weighted by Gasteiger charge is 2.31. The number of likely N-dealkylation sites (tertiary alicyclic amines) is 1. The van der Waals surface area contributed by atoms with Crippen molar-refractivity contribution in [2.45, 2.75) is 64.9 Å². The van der Waals surface area contributed by atoms with E-state index >= 15 is 0 Å². The molecule has 1 atom stereocenters. The van der Waals surface area contributed by atoms with Gasteiger partial charge >= 0.3 is 0 Å². The molecule has 1 N–H and O–H groups in total. The quantitative estimate of drug-likeness (QED) is 0.690. The summed E-state index contributed by atoms with van der Waals surface area (Å²) in [5, 5.41) is 9.98. The lowest BCUT2D eigenvalue weighted by molar-refractivity contribution is -0.251. The molecule has 0 spiro atoms. The third-order valence-corrected chi connectivity index (χ3v) is 3.74. The Morgan fingerprint density at radius 1 is 1.13 bits per heavy atom. The summed E-state index contributed by atoms with van der Waals surface area (Å²) in [4.78, 5) is 2.02. The fourth-order valence-corrected chi connectivity index (χ4v) is 2.26. The van der Waals surface area contributed by atoms with Gasteiger partial charge < -0.3 is 9.84 Å². The Morgan fingerprint density at radius 2 is 1.60 bits per heavy atom. The molecule has 3 heteroatoms. The van der Waals surface area contributed by atoms with Crippen LogP contribution in [0.4, 0.5) is 0 Å². The van der Waals surface area contributed by atoms with Gasteiger partial charge in [-0.25, -0.2) is 0 Å². The smallest absolute Gasteiger partial charge is 0.216 e. The number of nitrogens with zero attached hydrogens (tertiary/aromatic N) is 1. The van der Waals surface area contributed by atoms with Crippen molar-refractivity contribution in [3.05, 3.63) is 0 Å². The van der Waals surface area contributed by atoms with Gasteiger partial charge in [-0.1, -0.05) is 20.8 Å². The summed E-state index contributed by atoms with van der Waals surface area (Å²) >= 11 is 0. The summed E-state index contributed by atoms with van der Waals surface area (Å²) in [6.07, 6.45) is 4.54. The van der Waals surface area contributed by atoms with Crippen LogP contribution in [-0.2, 0) is 4.74 Å². The Bertz CT molecular complexity index is 166. The molecule has 0 amide bonds. The second-order valence-electron chi connectivity index (χ2n) is 4.43. The van der Waals surface area contributed by atoms with Gasteiger partial charge in [0.05, 0.1) is 5.60 Å². The molecule has 90 valence electrons. The van der Waals surface area contributed by atoms with Crippen molar-refractivity contribution >= 4 is 0 Å². The second-order valence-corrected chi connectivity index (χ2v) is 4.43. The van der Waals surface area contributed by atoms with Crippen molar-refractivity contribution < 1.29 is 9.84 Å². The summed E-state index contributed by atoms with van der Waals surface area (Å²) in [5.41, 5.74) is -0.137. The van der Waals surface area contributed by atoms with Gasteiger partial charge in [0.1, 0.15) is 0 Å². The third-order valence-electron chi connectivity index (χ3n) is 3.74. The Balaban J connectivity index is 2.49. The van der Waals surface area contributed by atoms with Crippen LogP contribution in [0.1, 0.15) is 52.9 Å². The molecule has 3 nitrogen and oxygen atoms in total. The minimum atomic E-state index is -0.702. The molecule has 1 heterocycles. The van der Waals surface area contributed by atoms with E-state index in [9.17, 15) is 5.11 Å². The molecule has 0 aromatic carbocycles. The van der Waals surface area contributed by atoms with E-state index in [0.717, 1.165) is 32.4 Å². The Hall–Kier alpha value is -0.120. The molecule has 0 radical (unpaired) electrons. The predicted molar refractivity (Wildman–Crippen MR) is 61.5 cm³/mol. The zero-order valence-electron chi connectivity index (χ0n) is 10.3. The largest absolute Gasteiger partial charge is 0.356 e. The molecule has 0 aromatic heterocycles. The average Bonchev–Trinajstić information content (AvgIpc) is 2.79. The SMILES string of the molecule is CCC(CC)(CC)O[C@H](O)N1CCCC1. The van der Waals surface area contributed by atoms with E-state index in [1.165, 1.54) is 12.8 Å². The molecule has 0 aromatic rings. The van der Waals surface area contributed by atoms with E-state index in [0.29, 0.717) is 0 Å². The van der Waals surface area contributed by atoms with Crippen LogP contribution in [0.25, 0.3) is 0 Å². The molecule has 1 saturated heterocycles. The summed E-state index contributed by atoms with van der Waals surface area (Å²) in [6.45, 7) is 8.32. The van der Waals surface area contributed by atoms with Crippen molar-refractivity contribution in [3.8, 4) is 0 Å². The maximum absolute atomic E-state index is 9.98. The van der Waals surface area contributed by atoms with Crippen molar-refractivity contribution in [1.82, 2.24) is 4.90 Å². The lowest BCUT2D eigenvalue weighted by Gasteiger charge is -2.36. The third kappa shape index (κ3) is 3.16. The van der Waals surface area contributed by atoms with Crippen LogP contribution >= 0.6 is 0 Å². The van der Waals surface area contributed by atoms with E-state index in [1.54, 1.807) is 0 Å². The van der Waals surface area contributed by atoms with Crippen LogP contribution in [0.5, 0.6) is 0 Å². The van der Waals surface area contributed by atoms with Gasteiger partial charge in [0.15, 0.2) is 0 Å². The van der Waals surface area contributed by atoms with Crippen LogP contribution < -0.4 is 0 Å². The van der Waals surface area contributed by atoms with Gasteiger partial charge in [-0.05, 0) is 32.1 Å². The molecule has 1 fully saturated rings. The number of hydrogen-bond donors (Lipinski definition) is 1. The molecule has 0 aliphatic carbocycles. The van der Waals surface area contributed by atoms with Gasteiger partial charge in [-0.15, -0.1) is 0 Å². The van der Waals surface area contributed by atoms with Crippen molar-refractivity contribution in [2.24, 2.45) is 0 Å². The number of aliphatic hydroxyl groups excluding tert-OH is 1. The maximum atomic E-state index is 9.98. The minimum absolute atomic E-state index is 0.137. The highest BCUT2D eigenvalue weighted by Crippen LogP contribution is 2.27. The highest BCUT2D eigenvalue weighted by atomic mass is 16.6. The van der Waals surface area contributed by atoms with E-state index in [1.807, 2.05) is 4.90 Å². The first-order valence-corrected chi connectivity index (χ1v) is 6.27. The van der Waals surface area contributed by atoms with Gasteiger partial charge in [-0.2, -0.15) is 0 Å². The Morgan fingerprint density at radius 3 is 2.00 bits per heavy atom. The fourth-order valence-electron chi connectivity index (χ4n) is 2.26. The predicted octanol–water partition coefficient (Wildman–Crippen LogP) is 2.34. The van der Waals surface area contributed by atoms with Crippen LogP contribution in [0, 0.1) is 0 Å². The molecule has 1 aliphatic heterocycles. The molecule has 0 bridgehead atoms. The maximum Gasteiger partial charge on any atom is 0.216 e. The van der Waals surface area contributed by atoms with Crippen LogP contribution in [0.15, 0.2) is 0 Å². The fraction of sp³-hybridized carbons (Fsp3) is 1.00. The first-order valence-electron chi connectivity index (χ1n) is 6.27. The van der Waals surface area contributed by atoms with Gasteiger partial charge in [0.2, 0.25) is 6.41 Å². The lowest BCUT2D eigenvalue weighted by atomic mass is 9.94.